The summed E-state index contributed by atoms with van der Waals surface area (Å²) in [6, 6.07) is 17.0. The Bertz CT molecular complexity index is 1500. The van der Waals surface area contributed by atoms with Crippen LogP contribution in [0.5, 0.6) is 0 Å². The molecule has 0 saturated carbocycles. The van der Waals surface area contributed by atoms with Crippen molar-refractivity contribution in [3.8, 4) is 11.5 Å². The molecule has 0 bridgehead atoms. The fourth-order valence-corrected chi connectivity index (χ4v) is 4.38. The highest BCUT2D eigenvalue weighted by atomic mass is 32.2. The summed E-state index contributed by atoms with van der Waals surface area (Å²) < 4.78 is 31.6. The first-order chi connectivity index (χ1) is 16.5. The third kappa shape index (κ3) is 4.64. The van der Waals surface area contributed by atoms with Crippen molar-refractivity contribution in [1.29, 1.82) is 0 Å². The maximum atomic E-state index is 12.8. The molecule has 170 valence electrons. The molecule has 11 heteroatoms. The zero-order valence-corrected chi connectivity index (χ0v) is 18.9. The molecule has 0 radical (unpaired) electrons. The van der Waals surface area contributed by atoms with E-state index >= 15 is 0 Å². The minimum Gasteiger partial charge on any atom is -0.340 e. The molecule has 0 atom stereocenters. The molecule has 0 fully saturated rings. The summed E-state index contributed by atoms with van der Waals surface area (Å²) in [6.07, 6.45) is 8.60. The highest BCUT2D eigenvalue weighted by Gasteiger charge is 2.14. The summed E-state index contributed by atoms with van der Waals surface area (Å²) in [4.78, 5) is 13.0. The lowest BCUT2D eigenvalue weighted by Crippen LogP contribution is -2.13. The Balaban J connectivity index is 1.29. The van der Waals surface area contributed by atoms with Crippen LogP contribution in [-0.2, 0) is 10.0 Å². The molecule has 0 aliphatic heterocycles. The molecule has 0 unspecified atom stereocenters. The van der Waals surface area contributed by atoms with Crippen LogP contribution < -0.4 is 10.0 Å². The van der Waals surface area contributed by atoms with Gasteiger partial charge in [0.25, 0.3) is 10.0 Å². The van der Waals surface area contributed by atoms with Gasteiger partial charge in [-0.25, -0.2) is 28.1 Å². The van der Waals surface area contributed by atoms with Crippen LogP contribution >= 0.6 is 0 Å². The second-order valence-electron chi connectivity index (χ2n) is 7.38. The van der Waals surface area contributed by atoms with Crippen LogP contribution in [0.15, 0.2) is 96.7 Å². The van der Waals surface area contributed by atoms with Gasteiger partial charge in [0.15, 0.2) is 0 Å². The second kappa shape index (κ2) is 8.79. The number of nitrogens with one attached hydrogen (secondary N) is 2. The van der Waals surface area contributed by atoms with Gasteiger partial charge < -0.3 is 5.32 Å². The van der Waals surface area contributed by atoms with Crippen LogP contribution in [0.4, 0.5) is 17.2 Å². The van der Waals surface area contributed by atoms with E-state index in [4.69, 9.17) is 0 Å². The van der Waals surface area contributed by atoms with Crippen LogP contribution in [0, 0.1) is 6.92 Å². The van der Waals surface area contributed by atoms with Crippen molar-refractivity contribution in [2.45, 2.75) is 11.8 Å². The fraction of sp³-hybridized carbons (Fsp3) is 0.0435. The van der Waals surface area contributed by atoms with E-state index < -0.39 is 10.0 Å². The van der Waals surface area contributed by atoms with Crippen molar-refractivity contribution in [3.05, 3.63) is 97.6 Å². The van der Waals surface area contributed by atoms with Gasteiger partial charge in [-0.3, -0.25) is 9.29 Å². The van der Waals surface area contributed by atoms with Crippen LogP contribution in [0.1, 0.15) is 5.82 Å². The van der Waals surface area contributed by atoms with E-state index in [1.54, 1.807) is 101 Å². The molecular formula is C23H20N8O2S. The smallest absolute Gasteiger partial charge is 0.261 e. The lowest BCUT2D eigenvalue weighted by molar-refractivity contribution is 0.601. The molecule has 3 aromatic heterocycles. The van der Waals surface area contributed by atoms with E-state index in [2.05, 4.69) is 30.1 Å². The molecule has 0 spiro atoms. The molecule has 3 heterocycles. The molecule has 2 N–H and O–H groups in total. The summed E-state index contributed by atoms with van der Waals surface area (Å²) in [5.74, 6) is 1.91. The molecule has 34 heavy (non-hydrogen) atoms. The number of aromatic nitrogens is 6. The Morgan fingerprint density at radius 2 is 1.65 bits per heavy atom. The topological polar surface area (TPSA) is 120 Å². The zero-order valence-electron chi connectivity index (χ0n) is 18.1. The summed E-state index contributed by atoms with van der Waals surface area (Å²) in [5.41, 5.74) is 1.97. The largest absolute Gasteiger partial charge is 0.340 e. The number of sulfonamides is 1. The SMILES string of the molecule is Cc1nc(Nc2ccc(NS(=O)(=O)c3ccc(-n4cccn4)cc3)cc2)cc(-n2ccnc2)n1. The summed E-state index contributed by atoms with van der Waals surface area (Å²) in [5, 5.41) is 7.36. The van der Waals surface area contributed by atoms with E-state index in [0.29, 0.717) is 23.1 Å². The standard InChI is InChI=1S/C23H20N8O2S/c1-17-26-22(15-23(27-17)30-14-12-24-16-30)28-18-3-5-19(6-4-18)29-34(32,33)21-9-7-20(8-10-21)31-13-2-11-25-31/h2-16,29H,1H3,(H,26,27,28). The third-order valence-corrected chi connectivity index (χ3v) is 6.32. The Labute approximate surface area is 196 Å². The summed E-state index contributed by atoms with van der Waals surface area (Å²) in [6.45, 7) is 1.81. The minimum absolute atomic E-state index is 0.161. The molecule has 0 aliphatic rings. The van der Waals surface area contributed by atoms with Crippen molar-refractivity contribution >= 4 is 27.2 Å². The van der Waals surface area contributed by atoms with E-state index in [0.717, 1.165) is 11.4 Å². The number of hydrogen-bond donors (Lipinski definition) is 2. The first kappa shape index (κ1) is 21.3. The number of rotatable bonds is 7. The molecular weight excluding hydrogens is 452 g/mol. The van der Waals surface area contributed by atoms with Crippen LogP contribution in [0.3, 0.4) is 0 Å². The van der Waals surface area contributed by atoms with Crippen molar-refractivity contribution in [2.24, 2.45) is 0 Å². The predicted molar refractivity (Wildman–Crippen MR) is 128 cm³/mol. The number of benzene rings is 2. The van der Waals surface area contributed by atoms with Gasteiger partial charge in [-0.2, -0.15) is 5.10 Å². The third-order valence-electron chi connectivity index (χ3n) is 4.92. The van der Waals surface area contributed by atoms with Crippen molar-refractivity contribution in [2.75, 3.05) is 10.0 Å². The van der Waals surface area contributed by atoms with Crippen molar-refractivity contribution < 1.29 is 8.42 Å². The maximum Gasteiger partial charge on any atom is 0.261 e. The van der Waals surface area contributed by atoms with Crippen LogP contribution in [-0.4, -0.2) is 37.7 Å². The van der Waals surface area contributed by atoms with Gasteiger partial charge in [-0.1, -0.05) is 0 Å². The van der Waals surface area contributed by atoms with Gasteiger partial charge in [-0.15, -0.1) is 0 Å². The van der Waals surface area contributed by atoms with Crippen LogP contribution in [0.2, 0.25) is 0 Å². The Morgan fingerprint density at radius 3 is 2.32 bits per heavy atom. The second-order valence-corrected chi connectivity index (χ2v) is 9.06. The predicted octanol–water partition coefficient (Wildman–Crippen LogP) is 3.70. The first-order valence-corrected chi connectivity index (χ1v) is 11.8. The quantitative estimate of drug-likeness (QED) is 0.371. The maximum absolute atomic E-state index is 12.8. The van der Waals surface area contributed by atoms with E-state index in [1.165, 1.54) is 0 Å². The van der Waals surface area contributed by atoms with E-state index in [-0.39, 0.29) is 4.90 Å². The highest BCUT2D eigenvalue weighted by Crippen LogP contribution is 2.22. The molecule has 10 nitrogen and oxygen atoms in total. The van der Waals surface area contributed by atoms with Gasteiger partial charge in [0.05, 0.1) is 10.6 Å². The molecule has 5 aromatic rings. The monoisotopic (exact) mass is 472 g/mol. The van der Waals surface area contributed by atoms with Gasteiger partial charge in [0.2, 0.25) is 0 Å². The van der Waals surface area contributed by atoms with E-state index in [1.807, 2.05) is 6.92 Å². The Hall–Kier alpha value is -4.51. The van der Waals surface area contributed by atoms with Crippen LogP contribution in [0.25, 0.3) is 11.5 Å². The lowest BCUT2D eigenvalue weighted by atomic mass is 10.3. The molecule has 0 saturated heterocycles. The average Bonchev–Trinajstić information content (AvgIpc) is 3.55. The van der Waals surface area contributed by atoms with Gasteiger partial charge in [0.1, 0.15) is 23.8 Å². The minimum atomic E-state index is -3.74. The zero-order chi connectivity index (χ0) is 23.5. The lowest BCUT2D eigenvalue weighted by Gasteiger charge is -2.11. The Morgan fingerprint density at radius 1 is 0.882 bits per heavy atom. The number of nitrogens with zero attached hydrogens (tertiary/aromatic N) is 6. The molecule has 5 rings (SSSR count). The fourth-order valence-electron chi connectivity index (χ4n) is 3.33. The first-order valence-electron chi connectivity index (χ1n) is 10.3. The average molecular weight is 473 g/mol. The summed E-state index contributed by atoms with van der Waals surface area (Å²) in [7, 11) is -3.74. The Kier molecular flexibility index (Phi) is 5.52. The van der Waals surface area contributed by atoms with Crippen molar-refractivity contribution in [3.63, 3.8) is 0 Å². The van der Waals surface area contributed by atoms with Crippen molar-refractivity contribution in [1.82, 2.24) is 29.3 Å². The van der Waals surface area contributed by atoms with Gasteiger partial charge in [0, 0.05) is 42.2 Å². The number of aryl methyl sites for hydroxylation is 1. The number of anilines is 3. The van der Waals surface area contributed by atoms with E-state index in [9.17, 15) is 8.42 Å². The number of imidazole rings is 1. The van der Waals surface area contributed by atoms with Gasteiger partial charge >= 0.3 is 0 Å². The summed E-state index contributed by atoms with van der Waals surface area (Å²) >= 11 is 0. The molecule has 0 aliphatic carbocycles. The highest BCUT2D eigenvalue weighted by molar-refractivity contribution is 7.92. The number of hydrogen-bond acceptors (Lipinski definition) is 7. The van der Waals surface area contributed by atoms with Gasteiger partial charge in [-0.05, 0) is 61.5 Å². The normalized spacial score (nSPS) is 11.3. The molecule has 2 aromatic carbocycles. The molecule has 0 amide bonds.